The number of amides is 1. The monoisotopic (exact) mass is 283 g/mol. The highest BCUT2D eigenvalue weighted by Gasteiger charge is 2.05. The lowest BCUT2D eigenvalue weighted by atomic mass is 10.1. The van der Waals surface area contributed by atoms with Gasteiger partial charge in [-0.1, -0.05) is 18.2 Å². The maximum Gasteiger partial charge on any atom is 0.224 e. The summed E-state index contributed by atoms with van der Waals surface area (Å²) in [6.07, 6.45) is 1.81. The fraction of sp³-hybridized carbons (Fsp3) is 0.125. The van der Waals surface area contributed by atoms with E-state index in [9.17, 15) is 9.18 Å². The third-order valence-electron chi connectivity index (χ3n) is 3.23. The quantitative estimate of drug-likeness (QED) is 0.773. The van der Waals surface area contributed by atoms with Crippen LogP contribution in [0, 0.1) is 5.82 Å². The Morgan fingerprint density at radius 2 is 2.10 bits per heavy atom. The number of hydrogen-bond acceptors (Lipinski definition) is 2. The Hall–Kier alpha value is -2.69. The summed E-state index contributed by atoms with van der Waals surface area (Å²) in [4.78, 5) is 19.0. The molecular formula is C16H14FN3O. The maximum atomic E-state index is 13.0. The maximum absolute atomic E-state index is 13.0. The standard InChI is InChI=1S/C16H14FN3O/c17-13-3-1-2-11(6-13)8-16(21)18-9-12-4-5-14-15(7-12)20-10-19-14/h1-7,10H,8-9H2,(H,18,21)(H,19,20). The fourth-order valence-corrected chi connectivity index (χ4v) is 2.19. The number of nitrogens with one attached hydrogen (secondary N) is 2. The van der Waals surface area contributed by atoms with Crippen LogP contribution in [0.3, 0.4) is 0 Å². The SMILES string of the molecule is O=C(Cc1cccc(F)c1)NCc1ccc2nc[nH]c2c1. The van der Waals surface area contributed by atoms with Crippen LogP contribution in [0.1, 0.15) is 11.1 Å². The van der Waals surface area contributed by atoms with Gasteiger partial charge in [-0.2, -0.15) is 0 Å². The van der Waals surface area contributed by atoms with E-state index >= 15 is 0 Å². The summed E-state index contributed by atoms with van der Waals surface area (Å²) in [7, 11) is 0. The number of hydrogen-bond donors (Lipinski definition) is 2. The van der Waals surface area contributed by atoms with Crippen molar-refractivity contribution in [1.29, 1.82) is 0 Å². The van der Waals surface area contributed by atoms with Gasteiger partial charge in [0.25, 0.3) is 0 Å². The summed E-state index contributed by atoms with van der Waals surface area (Å²) in [5.41, 5.74) is 3.48. The van der Waals surface area contributed by atoms with E-state index in [0.717, 1.165) is 16.6 Å². The minimum absolute atomic E-state index is 0.134. The summed E-state index contributed by atoms with van der Waals surface area (Å²) in [5.74, 6) is -0.463. The summed E-state index contributed by atoms with van der Waals surface area (Å²) in [6, 6.07) is 11.8. The Morgan fingerprint density at radius 1 is 1.19 bits per heavy atom. The van der Waals surface area contributed by atoms with Gasteiger partial charge in [-0.15, -0.1) is 0 Å². The average molecular weight is 283 g/mol. The number of benzene rings is 2. The normalized spacial score (nSPS) is 10.7. The summed E-state index contributed by atoms with van der Waals surface area (Å²) in [6.45, 7) is 0.434. The number of carbonyl (C=O) groups is 1. The molecule has 0 saturated carbocycles. The van der Waals surface area contributed by atoms with Crippen molar-refractivity contribution < 1.29 is 9.18 Å². The molecule has 106 valence electrons. The number of aromatic nitrogens is 2. The second-order valence-corrected chi connectivity index (χ2v) is 4.84. The van der Waals surface area contributed by atoms with Crippen molar-refractivity contribution in [1.82, 2.24) is 15.3 Å². The van der Waals surface area contributed by atoms with E-state index in [4.69, 9.17) is 0 Å². The van der Waals surface area contributed by atoms with Crippen LogP contribution in [-0.2, 0) is 17.8 Å². The van der Waals surface area contributed by atoms with Crippen molar-refractivity contribution in [3.05, 3.63) is 65.7 Å². The number of halogens is 1. The Balaban J connectivity index is 1.60. The number of rotatable bonds is 4. The van der Waals surface area contributed by atoms with Gasteiger partial charge in [-0.25, -0.2) is 9.37 Å². The molecule has 1 amide bonds. The van der Waals surface area contributed by atoms with E-state index in [-0.39, 0.29) is 18.1 Å². The van der Waals surface area contributed by atoms with Gasteiger partial charge in [0, 0.05) is 6.54 Å². The van der Waals surface area contributed by atoms with Gasteiger partial charge < -0.3 is 10.3 Å². The van der Waals surface area contributed by atoms with Gasteiger partial charge in [0.05, 0.1) is 23.8 Å². The topological polar surface area (TPSA) is 57.8 Å². The number of aromatic amines is 1. The molecule has 0 aliphatic carbocycles. The van der Waals surface area contributed by atoms with E-state index in [0.29, 0.717) is 12.1 Å². The van der Waals surface area contributed by atoms with E-state index in [1.165, 1.54) is 12.1 Å². The first-order chi connectivity index (χ1) is 10.2. The number of fused-ring (bicyclic) bond motifs is 1. The molecule has 0 bridgehead atoms. The molecule has 0 unspecified atom stereocenters. The zero-order valence-corrected chi connectivity index (χ0v) is 11.3. The van der Waals surface area contributed by atoms with E-state index < -0.39 is 0 Å². The van der Waals surface area contributed by atoms with E-state index in [2.05, 4.69) is 15.3 Å². The molecule has 21 heavy (non-hydrogen) atoms. The zero-order valence-electron chi connectivity index (χ0n) is 11.3. The summed E-state index contributed by atoms with van der Waals surface area (Å²) < 4.78 is 13.0. The second-order valence-electron chi connectivity index (χ2n) is 4.84. The highest BCUT2D eigenvalue weighted by molar-refractivity contribution is 5.79. The van der Waals surface area contributed by atoms with Gasteiger partial charge in [0.1, 0.15) is 5.82 Å². The average Bonchev–Trinajstić information content (AvgIpc) is 2.92. The molecule has 4 nitrogen and oxygen atoms in total. The first-order valence-electron chi connectivity index (χ1n) is 6.64. The van der Waals surface area contributed by atoms with Crippen molar-refractivity contribution >= 4 is 16.9 Å². The molecule has 2 aromatic carbocycles. The Morgan fingerprint density at radius 3 is 2.95 bits per heavy atom. The molecule has 0 fully saturated rings. The summed E-state index contributed by atoms with van der Waals surface area (Å²) in [5, 5.41) is 2.83. The predicted molar refractivity (Wildman–Crippen MR) is 78.0 cm³/mol. The number of nitrogens with zero attached hydrogens (tertiary/aromatic N) is 1. The third kappa shape index (κ3) is 3.25. The van der Waals surface area contributed by atoms with Crippen LogP contribution in [0.2, 0.25) is 0 Å². The molecular weight excluding hydrogens is 269 g/mol. The molecule has 0 saturated heterocycles. The minimum atomic E-state index is -0.329. The third-order valence-corrected chi connectivity index (χ3v) is 3.23. The number of H-pyrrole nitrogens is 1. The van der Waals surface area contributed by atoms with Crippen molar-refractivity contribution in [3.63, 3.8) is 0 Å². The second kappa shape index (κ2) is 5.75. The smallest absolute Gasteiger partial charge is 0.224 e. The van der Waals surface area contributed by atoms with Crippen LogP contribution in [0.5, 0.6) is 0 Å². The van der Waals surface area contributed by atoms with Crippen LogP contribution < -0.4 is 5.32 Å². The molecule has 1 heterocycles. The molecule has 0 aliphatic rings. The van der Waals surface area contributed by atoms with Gasteiger partial charge in [-0.05, 0) is 35.4 Å². The van der Waals surface area contributed by atoms with Crippen molar-refractivity contribution in [2.24, 2.45) is 0 Å². The molecule has 2 N–H and O–H groups in total. The lowest BCUT2D eigenvalue weighted by Crippen LogP contribution is -2.24. The van der Waals surface area contributed by atoms with Crippen LogP contribution in [-0.4, -0.2) is 15.9 Å². The Labute approximate surface area is 121 Å². The van der Waals surface area contributed by atoms with Gasteiger partial charge in [0.15, 0.2) is 0 Å². The number of carbonyl (C=O) groups excluding carboxylic acids is 1. The van der Waals surface area contributed by atoms with Crippen molar-refractivity contribution in [2.75, 3.05) is 0 Å². The Kier molecular flexibility index (Phi) is 3.64. The molecule has 0 spiro atoms. The van der Waals surface area contributed by atoms with Crippen LogP contribution >= 0.6 is 0 Å². The van der Waals surface area contributed by atoms with Crippen LogP contribution in [0.15, 0.2) is 48.8 Å². The molecule has 3 rings (SSSR count). The zero-order chi connectivity index (χ0) is 14.7. The highest BCUT2D eigenvalue weighted by Crippen LogP contribution is 2.11. The van der Waals surface area contributed by atoms with Gasteiger partial charge in [0.2, 0.25) is 5.91 Å². The molecule has 0 radical (unpaired) electrons. The van der Waals surface area contributed by atoms with Crippen LogP contribution in [0.25, 0.3) is 11.0 Å². The molecule has 1 aromatic heterocycles. The van der Waals surface area contributed by atoms with Crippen molar-refractivity contribution in [2.45, 2.75) is 13.0 Å². The minimum Gasteiger partial charge on any atom is -0.352 e. The summed E-state index contributed by atoms with van der Waals surface area (Å²) >= 11 is 0. The van der Waals surface area contributed by atoms with E-state index in [1.54, 1.807) is 18.5 Å². The number of imidazole rings is 1. The first kappa shape index (κ1) is 13.3. The molecule has 0 aliphatic heterocycles. The fourth-order valence-electron chi connectivity index (χ4n) is 2.19. The molecule has 0 atom stereocenters. The van der Waals surface area contributed by atoms with Crippen molar-refractivity contribution in [3.8, 4) is 0 Å². The largest absolute Gasteiger partial charge is 0.352 e. The van der Waals surface area contributed by atoms with Gasteiger partial charge >= 0.3 is 0 Å². The lowest BCUT2D eigenvalue weighted by molar-refractivity contribution is -0.120. The van der Waals surface area contributed by atoms with Crippen LogP contribution in [0.4, 0.5) is 4.39 Å². The highest BCUT2D eigenvalue weighted by atomic mass is 19.1. The lowest BCUT2D eigenvalue weighted by Gasteiger charge is -2.06. The molecule has 5 heteroatoms. The van der Waals surface area contributed by atoms with Gasteiger partial charge in [-0.3, -0.25) is 4.79 Å². The molecule has 3 aromatic rings. The Bertz CT molecular complexity index is 782. The first-order valence-corrected chi connectivity index (χ1v) is 6.64. The predicted octanol–water partition coefficient (Wildman–Crippen LogP) is 2.56. The van der Waals surface area contributed by atoms with E-state index in [1.807, 2.05) is 18.2 Å².